The van der Waals surface area contributed by atoms with E-state index in [4.69, 9.17) is 28.8 Å². The van der Waals surface area contributed by atoms with Gasteiger partial charge < -0.3 is 28.7 Å². The van der Waals surface area contributed by atoms with Crippen molar-refractivity contribution in [3.05, 3.63) is 131 Å². The van der Waals surface area contributed by atoms with Crippen LogP contribution in [0.3, 0.4) is 0 Å². The molecule has 0 fully saturated rings. The zero-order valence-electron chi connectivity index (χ0n) is 25.9. The van der Waals surface area contributed by atoms with E-state index in [0.717, 1.165) is 33.6 Å². The first kappa shape index (κ1) is 30.2. The summed E-state index contributed by atoms with van der Waals surface area (Å²) in [6.07, 6.45) is 0.222. The molecular formula is C37H34N4O6. The van der Waals surface area contributed by atoms with Crippen LogP contribution in [0, 0.1) is 0 Å². The normalized spacial score (nSPS) is 18.8. The minimum Gasteiger partial charge on any atom is -0.497 e. The van der Waals surface area contributed by atoms with Crippen molar-refractivity contribution in [3.8, 4) is 23.0 Å². The molecule has 0 saturated heterocycles. The molecule has 5 aromatic rings. The number of nitrogens with zero attached hydrogens (tertiary/aromatic N) is 4. The van der Waals surface area contributed by atoms with Gasteiger partial charge in [0.25, 0.3) is 11.8 Å². The molecule has 0 aliphatic carbocycles. The Bertz CT molecular complexity index is 1870. The van der Waals surface area contributed by atoms with Crippen LogP contribution in [0.2, 0.25) is 0 Å². The van der Waals surface area contributed by atoms with Crippen LogP contribution in [0.1, 0.15) is 40.6 Å². The summed E-state index contributed by atoms with van der Waals surface area (Å²) in [6.45, 7) is 0.963. The van der Waals surface area contributed by atoms with Crippen molar-refractivity contribution in [2.75, 3.05) is 20.3 Å². The highest BCUT2D eigenvalue weighted by molar-refractivity contribution is 6.01. The maximum Gasteiger partial charge on any atom is 0.257 e. The Balaban J connectivity index is 1.26. The Morgan fingerprint density at radius 2 is 1.60 bits per heavy atom. The number of aliphatic hydroxyl groups is 1. The highest BCUT2D eigenvalue weighted by Crippen LogP contribution is 2.45. The lowest BCUT2D eigenvalue weighted by Gasteiger charge is -2.32. The third-order valence-corrected chi connectivity index (χ3v) is 8.47. The molecule has 10 heteroatoms. The molecule has 238 valence electrons. The van der Waals surface area contributed by atoms with E-state index in [0.29, 0.717) is 49.4 Å². The summed E-state index contributed by atoms with van der Waals surface area (Å²) in [5, 5.41) is 13.3. The molecule has 47 heavy (non-hydrogen) atoms. The number of hydrogen-bond acceptors (Lipinski definition) is 9. The van der Waals surface area contributed by atoms with Gasteiger partial charge in [-0.05, 0) is 65.2 Å². The number of amides is 1. The van der Waals surface area contributed by atoms with Gasteiger partial charge in [-0.15, -0.1) is 0 Å². The maximum absolute atomic E-state index is 14.9. The van der Waals surface area contributed by atoms with Crippen LogP contribution in [0.15, 0.2) is 113 Å². The molecule has 3 heterocycles. The van der Waals surface area contributed by atoms with Crippen LogP contribution in [-0.4, -0.2) is 57.8 Å². The number of ether oxygens (including phenoxy) is 3. The van der Waals surface area contributed by atoms with Crippen LogP contribution in [0.5, 0.6) is 11.5 Å². The number of aliphatic imine (C=N–C) groups is 1. The highest BCUT2D eigenvalue weighted by atomic mass is 16.5. The van der Waals surface area contributed by atoms with E-state index in [9.17, 15) is 4.79 Å². The number of methoxy groups -OCH3 is 1. The zero-order valence-corrected chi connectivity index (χ0v) is 25.9. The number of rotatable bonds is 10. The lowest BCUT2D eigenvalue weighted by molar-refractivity contribution is -0.140. The Morgan fingerprint density at radius 1 is 0.894 bits per heavy atom. The van der Waals surface area contributed by atoms with Crippen molar-refractivity contribution in [2.45, 2.75) is 37.6 Å². The largest absolute Gasteiger partial charge is 0.497 e. The molecule has 0 radical (unpaired) electrons. The van der Waals surface area contributed by atoms with E-state index < -0.39 is 11.6 Å². The lowest BCUT2D eigenvalue weighted by atomic mass is 9.82. The van der Waals surface area contributed by atoms with Gasteiger partial charge >= 0.3 is 0 Å². The van der Waals surface area contributed by atoms with E-state index in [1.165, 1.54) is 0 Å². The predicted octanol–water partition coefficient (Wildman–Crippen LogP) is 5.55. The number of benzene rings is 4. The van der Waals surface area contributed by atoms with Crippen molar-refractivity contribution in [1.82, 2.24) is 15.0 Å². The number of hydrogen-bond donors (Lipinski definition) is 1. The molecular weight excluding hydrogens is 596 g/mol. The fraction of sp³-hybridized carbons (Fsp3) is 0.243. The quantitative estimate of drug-likeness (QED) is 0.200. The number of carbonyl (C=O) groups is 1. The molecule has 4 aromatic carbocycles. The van der Waals surface area contributed by atoms with Crippen LogP contribution in [0.25, 0.3) is 11.5 Å². The zero-order chi connectivity index (χ0) is 32.2. The molecule has 0 unspecified atom stereocenters. The van der Waals surface area contributed by atoms with E-state index in [1.54, 1.807) is 12.0 Å². The Labute approximate surface area is 272 Å². The van der Waals surface area contributed by atoms with Crippen molar-refractivity contribution in [3.63, 3.8) is 0 Å². The summed E-state index contributed by atoms with van der Waals surface area (Å²) in [4.78, 5) is 26.5. The summed E-state index contributed by atoms with van der Waals surface area (Å²) >= 11 is 0. The summed E-state index contributed by atoms with van der Waals surface area (Å²) < 4.78 is 23.2. The van der Waals surface area contributed by atoms with Gasteiger partial charge in [-0.2, -0.15) is 4.98 Å². The number of aromatic nitrogens is 2. The number of aliphatic hydroxyl groups excluding tert-OH is 1. The van der Waals surface area contributed by atoms with Crippen molar-refractivity contribution >= 4 is 11.8 Å². The summed E-state index contributed by atoms with van der Waals surface area (Å²) in [5.41, 5.74) is 3.10. The minimum absolute atomic E-state index is 0.0659. The third kappa shape index (κ3) is 6.07. The molecule has 2 aliphatic heterocycles. The molecule has 1 amide bonds. The van der Waals surface area contributed by atoms with E-state index >= 15 is 0 Å². The average Bonchev–Trinajstić information content (AvgIpc) is 3.72. The van der Waals surface area contributed by atoms with E-state index in [1.807, 2.05) is 97.1 Å². The highest BCUT2D eigenvalue weighted by Gasteiger charge is 2.56. The van der Waals surface area contributed by atoms with Crippen LogP contribution in [0.4, 0.5) is 0 Å². The molecule has 1 spiro atoms. The monoisotopic (exact) mass is 630 g/mol. The first-order valence-corrected chi connectivity index (χ1v) is 15.5. The Hall–Kier alpha value is -5.48. The van der Waals surface area contributed by atoms with E-state index in [2.05, 4.69) is 16.2 Å². The predicted molar refractivity (Wildman–Crippen MR) is 174 cm³/mol. The van der Waals surface area contributed by atoms with Gasteiger partial charge in [-0.3, -0.25) is 4.79 Å². The van der Waals surface area contributed by atoms with Crippen LogP contribution >= 0.6 is 0 Å². The average molecular weight is 631 g/mol. The third-order valence-electron chi connectivity index (χ3n) is 8.47. The molecule has 7 rings (SSSR count). The van der Waals surface area contributed by atoms with Gasteiger partial charge in [0, 0.05) is 37.1 Å². The molecule has 10 nitrogen and oxygen atoms in total. The van der Waals surface area contributed by atoms with E-state index in [-0.39, 0.29) is 19.1 Å². The smallest absolute Gasteiger partial charge is 0.257 e. The first-order valence-electron chi connectivity index (χ1n) is 15.5. The van der Waals surface area contributed by atoms with Crippen molar-refractivity contribution < 1.29 is 28.6 Å². The topological polar surface area (TPSA) is 120 Å². The number of carbonyl (C=O) groups excluding carboxylic acids is 1. The Kier molecular flexibility index (Phi) is 8.41. The van der Waals surface area contributed by atoms with Gasteiger partial charge in [0.2, 0.25) is 5.90 Å². The van der Waals surface area contributed by atoms with Crippen molar-refractivity contribution in [2.24, 2.45) is 4.99 Å². The second-order valence-corrected chi connectivity index (χ2v) is 11.6. The standard InChI is InChI=1S/C37H34N4O6/c1-44-30-16-12-26(13-17-30)34-38-32(40-47-34)24-41-23-29-11-6-5-10-28(29)22-37(36(41)43)33(25-8-3-2-4-9-25)46-35(39-37)27-14-18-31(19-15-27)45-21-7-20-42/h2-6,8-19,33,42H,7,20-24H2,1H3/t33-,37-/m0/s1. The van der Waals surface area contributed by atoms with Gasteiger partial charge in [0.05, 0.1) is 20.3 Å². The Morgan fingerprint density at radius 3 is 2.34 bits per heavy atom. The van der Waals surface area contributed by atoms with Gasteiger partial charge in [0.15, 0.2) is 17.5 Å². The molecule has 0 bridgehead atoms. The second kappa shape index (κ2) is 13.1. The molecule has 2 aliphatic rings. The summed E-state index contributed by atoms with van der Waals surface area (Å²) in [6, 6.07) is 32.6. The van der Waals surface area contributed by atoms with Crippen LogP contribution < -0.4 is 9.47 Å². The van der Waals surface area contributed by atoms with Gasteiger partial charge in [0.1, 0.15) is 11.5 Å². The SMILES string of the molecule is COc1ccc(-c2nc(CN3Cc4ccccc4C[C@@]4(N=C(c5ccc(OCCCO)cc5)O[C@H]4c4ccccc4)C3=O)no2)cc1. The fourth-order valence-electron chi connectivity index (χ4n) is 6.09. The van der Waals surface area contributed by atoms with Crippen molar-refractivity contribution in [1.29, 1.82) is 0 Å². The summed E-state index contributed by atoms with van der Waals surface area (Å²) in [5.74, 6) is 2.34. The second-order valence-electron chi connectivity index (χ2n) is 11.6. The molecule has 1 aromatic heterocycles. The number of fused-ring (bicyclic) bond motifs is 1. The van der Waals surface area contributed by atoms with Gasteiger partial charge in [-0.25, -0.2) is 4.99 Å². The first-order chi connectivity index (χ1) is 23.1. The molecule has 0 saturated carbocycles. The molecule has 1 N–H and O–H groups in total. The van der Waals surface area contributed by atoms with Gasteiger partial charge in [-0.1, -0.05) is 59.8 Å². The minimum atomic E-state index is -1.29. The maximum atomic E-state index is 14.9. The lowest BCUT2D eigenvalue weighted by Crippen LogP contribution is -2.49. The summed E-state index contributed by atoms with van der Waals surface area (Å²) in [7, 11) is 1.61. The fourth-order valence-corrected chi connectivity index (χ4v) is 6.09. The van der Waals surface area contributed by atoms with Crippen LogP contribution in [-0.2, 0) is 29.0 Å². The molecule has 2 atom stereocenters.